The summed E-state index contributed by atoms with van der Waals surface area (Å²) in [6.45, 7) is 5.19. The summed E-state index contributed by atoms with van der Waals surface area (Å²) in [6, 6.07) is 0. The second kappa shape index (κ2) is 9.95. The van der Waals surface area contributed by atoms with Crippen LogP contribution in [0.15, 0.2) is 36.5 Å². The summed E-state index contributed by atoms with van der Waals surface area (Å²) in [7, 11) is 0. The standard InChI is InChI=1S/C11H10.2V/c1-3-5-7-9-11-10-8-6-4-2;;/h1-8H,11H2;;/q-2;;/b5-3-,8-6-;;. The summed E-state index contributed by atoms with van der Waals surface area (Å²) in [5.41, 5.74) is 0. The van der Waals surface area contributed by atoms with E-state index in [0.29, 0.717) is 0 Å². The van der Waals surface area contributed by atoms with Crippen LogP contribution in [0.5, 0.6) is 0 Å². The molecule has 0 saturated carbocycles. The minimum atomic E-state index is 0.813. The molecule has 0 fully saturated rings. The van der Waals surface area contributed by atoms with Crippen molar-refractivity contribution < 1.29 is 34.0 Å². The predicted octanol–water partition coefficient (Wildman–Crippen LogP) is 1.91. The number of hydrogen-bond donors (Lipinski definition) is 0. The van der Waals surface area contributed by atoms with E-state index in [0.717, 1.165) is 6.42 Å². The first-order valence-electron chi connectivity index (χ1n) is 3.77. The minimum absolute atomic E-state index is 0.813. The fraction of sp³-hybridized carbons (Fsp3) is 0.0909. The molecule has 0 nitrogen and oxygen atoms in total. The molecule has 0 unspecified atom stereocenters. The Morgan fingerprint density at radius 3 is 2.69 bits per heavy atom. The third kappa shape index (κ3) is 9.79. The fourth-order valence-electron chi connectivity index (χ4n) is 0.562. The summed E-state index contributed by atoms with van der Waals surface area (Å²) in [6.07, 6.45) is 15.0. The Hall–Kier alpha value is -0.131. The Labute approximate surface area is 98.1 Å². The van der Waals surface area contributed by atoms with Crippen molar-refractivity contribution in [2.45, 2.75) is 6.42 Å². The SMILES string of the molecule is [CH-]=C/C=C\[C](=[V])C[C-]=C/C=C\[CH]=[V]. The summed E-state index contributed by atoms with van der Waals surface area (Å²) in [5.74, 6) is 0. The predicted molar refractivity (Wildman–Crippen MR) is 50.7 cm³/mol. The van der Waals surface area contributed by atoms with E-state index in [9.17, 15) is 0 Å². The quantitative estimate of drug-likeness (QED) is 0.494. The van der Waals surface area contributed by atoms with Gasteiger partial charge in [-0.05, 0) is 0 Å². The molecule has 66 valence electrons. The summed E-state index contributed by atoms with van der Waals surface area (Å²) >= 11 is 4.87. The molecule has 0 aromatic carbocycles. The zero-order valence-corrected chi connectivity index (χ0v) is 10.0. The van der Waals surface area contributed by atoms with Crippen LogP contribution in [-0.2, 0) is 34.0 Å². The average Bonchev–Trinajstić information content (AvgIpc) is 2.14. The van der Waals surface area contributed by atoms with Gasteiger partial charge < -0.3 is 0 Å². The van der Waals surface area contributed by atoms with Crippen molar-refractivity contribution in [2.75, 3.05) is 0 Å². The Balaban J connectivity index is 3.75. The second-order valence-electron chi connectivity index (χ2n) is 2.12. The molecule has 0 heterocycles. The molecule has 0 aliphatic rings. The molecule has 0 amide bonds. The van der Waals surface area contributed by atoms with Crippen LogP contribution >= 0.6 is 0 Å². The molecule has 0 saturated heterocycles. The van der Waals surface area contributed by atoms with Crippen molar-refractivity contribution in [1.82, 2.24) is 0 Å². The van der Waals surface area contributed by atoms with Crippen LogP contribution in [0.25, 0.3) is 0 Å². The van der Waals surface area contributed by atoms with Crippen LogP contribution in [0.3, 0.4) is 0 Å². The van der Waals surface area contributed by atoms with Crippen molar-refractivity contribution in [2.24, 2.45) is 0 Å². The van der Waals surface area contributed by atoms with Crippen molar-refractivity contribution >= 4 is 8.96 Å². The summed E-state index contributed by atoms with van der Waals surface area (Å²) in [4.78, 5) is 0. The van der Waals surface area contributed by atoms with Gasteiger partial charge in [0.25, 0.3) is 0 Å². The Morgan fingerprint density at radius 1 is 1.31 bits per heavy atom. The first kappa shape index (κ1) is 12.9. The number of allylic oxidation sites excluding steroid dienone is 7. The van der Waals surface area contributed by atoms with Crippen LogP contribution in [0.2, 0.25) is 0 Å². The van der Waals surface area contributed by atoms with Gasteiger partial charge in [-0.15, -0.1) is 0 Å². The molecule has 0 bridgehead atoms. The number of rotatable bonds is 6. The summed E-state index contributed by atoms with van der Waals surface area (Å²) in [5, 5.41) is 0. The Bertz CT molecular complexity index is 257. The topological polar surface area (TPSA) is 0 Å². The van der Waals surface area contributed by atoms with E-state index in [2.05, 4.69) is 40.0 Å². The molecule has 0 rings (SSSR count). The molecule has 13 heavy (non-hydrogen) atoms. The molecule has 0 spiro atoms. The average molecular weight is 244 g/mol. The third-order valence-corrected chi connectivity index (χ3v) is 1.84. The van der Waals surface area contributed by atoms with Gasteiger partial charge >= 0.3 is 98.4 Å². The van der Waals surface area contributed by atoms with Gasteiger partial charge in [-0.1, -0.05) is 0 Å². The van der Waals surface area contributed by atoms with Gasteiger partial charge in [0.05, 0.1) is 0 Å². The molecule has 0 aromatic rings. The van der Waals surface area contributed by atoms with Crippen molar-refractivity contribution in [1.29, 1.82) is 0 Å². The molecule has 0 atom stereocenters. The molecule has 2 heteroatoms. The first-order valence-corrected chi connectivity index (χ1v) is 5.27. The van der Waals surface area contributed by atoms with Crippen molar-refractivity contribution in [3.05, 3.63) is 49.1 Å². The van der Waals surface area contributed by atoms with Gasteiger partial charge in [0.15, 0.2) is 0 Å². The molecule has 0 N–H and O–H groups in total. The zero-order valence-electron chi connectivity index (χ0n) is 7.22. The van der Waals surface area contributed by atoms with Crippen LogP contribution in [-0.4, -0.2) is 8.96 Å². The van der Waals surface area contributed by atoms with Crippen molar-refractivity contribution in [3.8, 4) is 0 Å². The third-order valence-electron chi connectivity index (χ3n) is 1.09. The van der Waals surface area contributed by atoms with Crippen LogP contribution in [0, 0.1) is 12.7 Å². The van der Waals surface area contributed by atoms with E-state index in [1.165, 1.54) is 10.3 Å². The molecule has 0 aliphatic heterocycles. The van der Waals surface area contributed by atoms with Gasteiger partial charge in [-0.3, -0.25) is 0 Å². The van der Waals surface area contributed by atoms with E-state index in [4.69, 9.17) is 6.58 Å². The van der Waals surface area contributed by atoms with Crippen LogP contribution in [0.1, 0.15) is 6.42 Å². The Morgan fingerprint density at radius 2 is 2.08 bits per heavy atom. The number of hydrogen-bond acceptors (Lipinski definition) is 0. The normalized spacial score (nSPS) is 11.2. The first-order chi connectivity index (χ1) is 6.31. The van der Waals surface area contributed by atoms with E-state index in [-0.39, 0.29) is 0 Å². The summed E-state index contributed by atoms with van der Waals surface area (Å²) < 4.78 is 3.09. The fourth-order valence-corrected chi connectivity index (χ4v) is 0.994. The maximum atomic E-state index is 5.19. The van der Waals surface area contributed by atoms with Gasteiger partial charge in [-0.25, -0.2) is 0 Å². The van der Waals surface area contributed by atoms with Crippen molar-refractivity contribution in [3.63, 3.8) is 0 Å². The van der Waals surface area contributed by atoms with Gasteiger partial charge in [0.1, 0.15) is 0 Å². The molecular weight excluding hydrogens is 234 g/mol. The maximum absolute atomic E-state index is 5.19. The van der Waals surface area contributed by atoms with E-state index in [1.54, 1.807) is 0 Å². The molecular formula is C11H10V2-2. The van der Waals surface area contributed by atoms with Crippen LogP contribution < -0.4 is 0 Å². The van der Waals surface area contributed by atoms with E-state index >= 15 is 0 Å². The second-order valence-corrected chi connectivity index (χ2v) is 3.49. The van der Waals surface area contributed by atoms with Gasteiger partial charge in [0.2, 0.25) is 0 Å². The van der Waals surface area contributed by atoms with Gasteiger partial charge in [-0.2, -0.15) is 0 Å². The van der Waals surface area contributed by atoms with Gasteiger partial charge in [0, 0.05) is 0 Å². The zero-order chi connectivity index (χ0) is 9.94. The monoisotopic (exact) mass is 244 g/mol. The molecule has 0 radical (unpaired) electrons. The molecule has 0 aliphatic carbocycles. The van der Waals surface area contributed by atoms with E-state index in [1.807, 2.05) is 35.1 Å². The van der Waals surface area contributed by atoms with E-state index < -0.39 is 0 Å². The van der Waals surface area contributed by atoms with Crippen LogP contribution in [0.4, 0.5) is 0 Å². The molecule has 0 aromatic heterocycles. The Kier molecular flexibility index (Phi) is 9.85.